The molecule has 25 heavy (non-hydrogen) atoms. The summed E-state index contributed by atoms with van der Waals surface area (Å²) in [5.41, 5.74) is 1.19. The molecule has 2 heterocycles. The number of nitrogens with one attached hydrogen (secondary N) is 1. The highest BCUT2D eigenvalue weighted by Crippen LogP contribution is 2.29. The SMILES string of the molecule is Cc1nc(N2CCOCC2)[nH]c(=O)c1CCC(=O)N(C(C)C)C1CC1. The van der Waals surface area contributed by atoms with Crippen molar-refractivity contribution in [2.24, 2.45) is 0 Å². The van der Waals surface area contributed by atoms with E-state index in [4.69, 9.17) is 4.74 Å². The van der Waals surface area contributed by atoms with Crippen molar-refractivity contribution in [1.82, 2.24) is 14.9 Å². The molecule has 0 spiro atoms. The minimum absolute atomic E-state index is 0.133. The molecular formula is C18H28N4O3. The average molecular weight is 348 g/mol. The van der Waals surface area contributed by atoms with E-state index in [-0.39, 0.29) is 17.5 Å². The van der Waals surface area contributed by atoms with Gasteiger partial charge in [-0.25, -0.2) is 4.98 Å². The minimum atomic E-state index is -0.135. The van der Waals surface area contributed by atoms with Crippen LogP contribution in [0.3, 0.4) is 0 Å². The molecule has 0 unspecified atom stereocenters. The van der Waals surface area contributed by atoms with E-state index in [2.05, 4.69) is 9.97 Å². The Morgan fingerprint density at radius 1 is 1.36 bits per heavy atom. The Bertz CT molecular complexity index is 673. The lowest BCUT2D eigenvalue weighted by molar-refractivity contribution is -0.133. The molecular weight excluding hydrogens is 320 g/mol. The van der Waals surface area contributed by atoms with Gasteiger partial charge < -0.3 is 14.5 Å². The summed E-state index contributed by atoms with van der Waals surface area (Å²) in [5.74, 6) is 0.733. The Kier molecular flexibility index (Phi) is 5.42. The number of amides is 1. The number of H-pyrrole nitrogens is 1. The Hall–Kier alpha value is -1.89. The molecule has 0 atom stereocenters. The van der Waals surface area contributed by atoms with Gasteiger partial charge in [-0.3, -0.25) is 14.6 Å². The van der Waals surface area contributed by atoms with Crippen LogP contribution >= 0.6 is 0 Å². The van der Waals surface area contributed by atoms with Gasteiger partial charge in [-0.2, -0.15) is 0 Å². The average Bonchev–Trinajstić information content (AvgIpc) is 3.39. The second kappa shape index (κ2) is 7.56. The number of aromatic nitrogens is 2. The molecule has 1 amide bonds. The van der Waals surface area contributed by atoms with Crippen LogP contribution in [0.4, 0.5) is 5.95 Å². The zero-order valence-corrected chi connectivity index (χ0v) is 15.4. The van der Waals surface area contributed by atoms with Gasteiger partial charge in [0.25, 0.3) is 5.56 Å². The minimum Gasteiger partial charge on any atom is -0.378 e. The number of carbonyl (C=O) groups is 1. The number of aryl methyl sites for hydroxylation is 1. The summed E-state index contributed by atoms with van der Waals surface area (Å²) < 4.78 is 5.33. The van der Waals surface area contributed by atoms with Gasteiger partial charge >= 0.3 is 0 Å². The maximum absolute atomic E-state index is 12.5. The monoisotopic (exact) mass is 348 g/mol. The van der Waals surface area contributed by atoms with Gasteiger partial charge in [0.15, 0.2) is 0 Å². The van der Waals surface area contributed by atoms with Crippen LogP contribution < -0.4 is 10.5 Å². The molecule has 1 aromatic heterocycles. The van der Waals surface area contributed by atoms with Gasteiger partial charge in [-0.15, -0.1) is 0 Å². The van der Waals surface area contributed by atoms with E-state index in [1.165, 1.54) is 0 Å². The van der Waals surface area contributed by atoms with Crippen LogP contribution in [0.15, 0.2) is 4.79 Å². The Morgan fingerprint density at radius 3 is 2.60 bits per heavy atom. The van der Waals surface area contributed by atoms with Crippen molar-refractivity contribution >= 4 is 11.9 Å². The predicted octanol–water partition coefficient (Wildman–Crippen LogP) is 1.25. The molecule has 1 aliphatic heterocycles. The van der Waals surface area contributed by atoms with Gasteiger partial charge in [0.2, 0.25) is 11.9 Å². The Morgan fingerprint density at radius 2 is 2.04 bits per heavy atom. The van der Waals surface area contributed by atoms with Crippen molar-refractivity contribution in [2.45, 2.75) is 58.5 Å². The second-order valence-electron chi connectivity index (χ2n) is 7.18. The molecule has 1 saturated heterocycles. The first kappa shape index (κ1) is 17.9. The first-order chi connectivity index (χ1) is 12.0. The first-order valence-corrected chi connectivity index (χ1v) is 9.21. The van der Waals surface area contributed by atoms with Crippen molar-refractivity contribution in [3.8, 4) is 0 Å². The normalized spacial score (nSPS) is 17.8. The molecule has 0 aromatic carbocycles. The van der Waals surface area contributed by atoms with E-state index in [1.54, 1.807) is 0 Å². The van der Waals surface area contributed by atoms with Gasteiger partial charge in [0, 0.05) is 42.9 Å². The summed E-state index contributed by atoms with van der Waals surface area (Å²) in [6.07, 6.45) is 2.99. The van der Waals surface area contributed by atoms with Crippen molar-refractivity contribution < 1.29 is 9.53 Å². The molecule has 2 fully saturated rings. The molecule has 7 heteroatoms. The summed E-state index contributed by atoms with van der Waals surface area (Å²) >= 11 is 0. The number of rotatable bonds is 6. The summed E-state index contributed by atoms with van der Waals surface area (Å²) in [6, 6.07) is 0.606. The van der Waals surface area contributed by atoms with E-state index < -0.39 is 0 Å². The van der Waals surface area contributed by atoms with Crippen LogP contribution in [0.25, 0.3) is 0 Å². The fraction of sp³-hybridized carbons (Fsp3) is 0.722. The molecule has 0 radical (unpaired) electrons. The third-order valence-electron chi connectivity index (χ3n) is 4.89. The third kappa shape index (κ3) is 4.21. The number of carbonyl (C=O) groups excluding carboxylic acids is 1. The largest absolute Gasteiger partial charge is 0.378 e. The van der Waals surface area contributed by atoms with Crippen LogP contribution in [0, 0.1) is 6.92 Å². The van der Waals surface area contributed by atoms with Crippen molar-refractivity contribution in [1.29, 1.82) is 0 Å². The second-order valence-corrected chi connectivity index (χ2v) is 7.18. The number of ether oxygens (including phenoxy) is 1. The van der Waals surface area contributed by atoms with Gasteiger partial charge in [-0.1, -0.05) is 0 Å². The Labute approximate surface area is 148 Å². The predicted molar refractivity (Wildman–Crippen MR) is 96.0 cm³/mol. The van der Waals surface area contributed by atoms with E-state index in [9.17, 15) is 9.59 Å². The highest BCUT2D eigenvalue weighted by Gasteiger charge is 2.33. The lowest BCUT2D eigenvalue weighted by atomic mass is 10.1. The van der Waals surface area contributed by atoms with Gasteiger partial charge in [-0.05, 0) is 40.0 Å². The molecule has 1 aliphatic carbocycles. The maximum Gasteiger partial charge on any atom is 0.255 e. The standard InChI is InChI=1S/C18H28N4O3/c1-12(2)22(14-4-5-14)16(23)7-6-15-13(3)19-18(20-17(15)24)21-8-10-25-11-9-21/h12,14H,4-11H2,1-3H3,(H,19,20,24). The van der Waals surface area contributed by atoms with E-state index in [0.717, 1.165) is 25.9 Å². The number of aromatic amines is 1. The molecule has 7 nitrogen and oxygen atoms in total. The van der Waals surface area contributed by atoms with E-state index in [0.29, 0.717) is 49.3 Å². The molecule has 1 saturated carbocycles. The van der Waals surface area contributed by atoms with E-state index >= 15 is 0 Å². The fourth-order valence-electron chi connectivity index (χ4n) is 3.44. The quantitative estimate of drug-likeness (QED) is 0.837. The lowest BCUT2D eigenvalue weighted by Crippen LogP contribution is -2.39. The highest BCUT2D eigenvalue weighted by atomic mass is 16.5. The van der Waals surface area contributed by atoms with Crippen LogP contribution in [0.1, 0.15) is 44.4 Å². The lowest BCUT2D eigenvalue weighted by Gasteiger charge is -2.28. The van der Waals surface area contributed by atoms with Crippen LogP contribution in [0.5, 0.6) is 0 Å². The zero-order valence-electron chi connectivity index (χ0n) is 15.4. The van der Waals surface area contributed by atoms with Gasteiger partial charge in [0.1, 0.15) is 0 Å². The maximum atomic E-state index is 12.5. The summed E-state index contributed by atoms with van der Waals surface area (Å²) in [6.45, 7) is 8.69. The highest BCUT2D eigenvalue weighted by molar-refractivity contribution is 5.77. The third-order valence-corrected chi connectivity index (χ3v) is 4.89. The summed E-state index contributed by atoms with van der Waals surface area (Å²) in [5, 5.41) is 0. The Balaban J connectivity index is 1.68. The number of nitrogens with zero attached hydrogens (tertiary/aromatic N) is 3. The van der Waals surface area contributed by atoms with Crippen molar-refractivity contribution in [3.05, 3.63) is 21.6 Å². The number of morpholine rings is 1. The number of hydrogen-bond donors (Lipinski definition) is 1. The van der Waals surface area contributed by atoms with Crippen molar-refractivity contribution in [2.75, 3.05) is 31.2 Å². The van der Waals surface area contributed by atoms with Crippen molar-refractivity contribution in [3.63, 3.8) is 0 Å². The topological polar surface area (TPSA) is 78.5 Å². The molecule has 2 aliphatic rings. The zero-order chi connectivity index (χ0) is 18.0. The van der Waals surface area contributed by atoms with E-state index in [1.807, 2.05) is 30.6 Å². The summed E-state index contributed by atoms with van der Waals surface area (Å²) in [7, 11) is 0. The molecule has 138 valence electrons. The molecule has 1 aromatic rings. The number of anilines is 1. The molecule has 1 N–H and O–H groups in total. The van der Waals surface area contributed by atoms with Crippen LogP contribution in [-0.4, -0.2) is 59.2 Å². The van der Waals surface area contributed by atoms with Gasteiger partial charge in [0.05, 0.1) is 13.2 Å². The smallest absolute Gasteiger partial charge is 0.255 e. The fourth-order valence-corrected chi connectivity index (χ4v) is 3.44. The van der Waals surface area contributed by atoms with Crippen LogP contribution in [-0.2, 0) is 16.0 Å². The first-order valence-electron chi connectivity index (χ1n) is 9.21. The summed E-state index contributed by atoms with van der Waals surface area (Å²) in [4.78, 5) is 36.5. The number of hydrogen-bond acceptors (Lipinski definition) is 5. The van der Waals surface area contributed by atoms with Crippen LogP contribution in [0.2, 0.25) is 0 Å². The molecule has 0 bridgehead atoms. The molecule has 3 rings (SSSR count).